The van der Waals surface area contributed by atoms with Crippen molar-refractivity contribution >= 4 is 84.6 Å². The van der Waals surface area contributed by atoms with Gasteiger partial charge in [-0.15, -0.1) is 0 Å². The second kappa shape index (κ2) is 23.0. The molecule has 6 aromatic carbocycles. The Kier molecular flexibility index (Phi) is 17.3. The Balaban J connectivity index is 0.000000205. The van der Waals surface area contributed by atoms with Crippen molar-refractivity contribution in [1.29, 1.82) is 0 Å². The number of hydrogen-bond acceptors (Lipinski definition) is 8. The van der Waals surface area contributed by atoms with Crippen molar-refractivity contribution in [3.05, 3.63) is 180 Å². The highest BCUT2D eigenvalue weighted by Crippen LogP contribution is 2.41. The first-order valence-electron chi connectivity index (χ1n) is 27.4. The van der Waals surface area contributed by atoms with Crippen LogP contribution in [0.3, 0.4) is 0 Å². The van der Waals surface area contributed by atoms with Crippen molar-refractivity contribution in [1.82, 2.24) is 14.5 Å². The van der Waals surface area contributed by atoms with Crippen molar-refractivity contribution in [3.8, 4) is 0 Å². The van der Waals surface area contributed by atoms with E-state index in [4.69, 9.17) is 13.8 Å². The summed E-state index contributed by atoms with van der Waals surface area (Å²) in [6.45, 7) is 25.7. The first kappa shape index (κ1) is 59.4. The summed E-state index contributed by atoms with van der Waals surface area (Å²) in [6.07, 6.45) is 2.60. The van der Waals surface area contributed by atoms with Crippen molar-refractivity contribution in [3.63, 3.8) is 0 Å². The molecular weight excluding hydrogens is 1050 g/mol. The van der Waals surface area contributed by atoms with Crippen LogP contribution in [-0.4, -0.2) is 73.9 Å². The van der Waals surface area contributed by atoms with Gasteiger partial charge in [-0.1, -0.05) is 198 Å². The number of rotatable bonds is 14. The lowest BCUT2D eigenvalue weighted by Crippen LogP contribution is -2.66. The highest BCUT2D eigenvalue weighted by Gasteiger charge is 2.51. The van der Waals surface area contributed by atoms with Gasteiger partial charge in [0.05, 0.1) is 41.0 Å². The van der Waals surface area contributed by atoms with Crippen molar-refractivity contribution in [2.45, 2.75) is 129 Å². The van der Waals surface area contributed by atoms with E-state index in [0.717, 1.165) is 58.4 Å². The van der Waals surface area contributed by atoms with Crippen LogP contribution in [0, 0.1) is 11.8 Å². The number of hydrogen-bond donors (Lipinski definition) is 1. The van der Waals surface area contributed by atoms with Gasteiger partial charge in [0.2, 0.25) is 0 Å². The third-order valence-corrected chi connectivity index (χ3v) is 28.1. The van der Waals surface area contributed by atoms with Crippen LogP contribution in [0.25, 0.3) is 21.8 Å². The summed E-state index contributed by atoms with van der Waals surface area (Å²) in [6, 6.07) is 54.3. The van der Waals surface area contributed by atoms with Crippen LogP contribution in [-0.2, 0) is 54.8 Å². The summed E-state index contributed by atoms with van der Waals surface area (Å²) >= 11 is 0. The Morgan fingerprint density at radius 3 is 1.33 bits per heavy atom. The summed E-state index contributed by atoms with van der Waals surface area (Å²) in [4.78, 5) is 5.47. The van der Waals surface area contributed by atoms with Crippen molar-refractivity contribution in [2.24, 2.45) is 16.8 Å². The van der Waals surface area contributed by atoms with Gasteiger partial charge in [0.25, 0.3) is 16.6 Å². The minimum absolute atomic E-state index is 0. The molecule has 0 amide bonds. The number of nitrogens with one attached hydrogen (secondary N) is 1. The van der Waals surface area contributed by atoms with Crippen molar-refractivity contribution in [2.75, 3.05) is 25.6 Å². The van der Waals surface area contributed by atoms with Gasteiger partial charge in [0, 0.05) is 65.7 Å². The molecule has 0 aliphatic carbocycles. The normalized spacial score (nSPS) is 15.3. The molecule has 1 N–H and O–H groups in total. The zero-order valence-electron chi connectivity index (χ0n) is 47.6. The molecule has 1 atom stereocenters. The Morgan fingerprint density at radius 1 is 0.570 bits per heavy atom. The first-order valence-corrected chi connectivity index (χ1v) is 35.0. The van der Waals surface area contributed by atoms with Crippen LogP contribution in [0.5, 0.6) is 0 Å². The highest BCUT2D eigenvalue weighted by atomic mass is 32.2. The molecule has 2 aliphatic heterocycles. The number of aliphatic imine (C=N–C) groups is 1. The summed E-state index contributed by atoms with van der Waals surface area (Å²) in [5.74, 6) is 0.724. The van der Waals surface area contributed by atoms with Crippen LogP contribution in [0.15, 0.2) is 173 Å². The standard InChI is InChI=1S/C32H40N2O3SSi.C32H38N2O3SSi.CH4/c2*1-23(2)31-29-20-24-19-25(30(38(6,35)36)21-28(24)34(29)18-17-33-31)22-37-39(32(3,4)5,26-13-9-7-10-14-26)27-15-11-8-12-16-27;/h7-16,19-21,23,31,33H,17-18,22H2,1-6H3;7-16,19-21,23H,17-18,22H2,1-6H3;1H4. The minimum Gasteiger partial charge on any atom is -0.403 e. The number of fused-ring (bicyclic) bond motifs is 6. The molecule has 2 aromatic heterocycles. The predicted octanol–water partition coefficient (Wildman–Crippen LogP) is 11.6. The van der Waals surface area contributed by atoms with Crippen molar-refractivity contribution < 1.29 is 25.7 Å². The SMILES string of the molecule is C.CC(C)C1=NCCn2c1cc1cc(CO[Si](c3ccccc3)(c3ccccc3)C(C)(C)C)c(S(C)(=O)=O)cc12.CC(C)C1NCCn2c1cc1cc(CO[Si](c3ccccc3)(c3ccccc3)C(C)(C)C)c(S(C)(=O)=O)cc12. The zero-order chi connectivity index (χ0) is 56.0. The largest absolute Gasteiger partial charge is 0.403 e. The molecule has 0 saturated carbocycles. The number of nitrogens with zero attached hydrogens (tertiary/aromatic N) is 3. The van der Waals surface area contributed by atoms with E-state index in [0.29, 0.717) is 33.7 Å². The van der Waals surface area contributed by atoms with Gasteiger partial charge >= 0.3 is 0 Å². The molecule has 418 valence electrons. The molecule has 10 nitrogen and oxygen atoms in total. The van der Waals surface area contributed by atoms with Crippen LogP contribution < -0.4 is 26.1 Å². The van der Waals surface area contributed by atoms with Gasteiger partial charge in [0.1, 0.15) is 0 Å². The smallest absolute Gasteiger partial charge is 0.261 e. The van der Waals surface area contributed by atoms with E-state index in [1.807, 2.05) is 48.5 Å². The Labute approximate surface area is 473 Å². The number of sulfone groups is 2. The topological polar surface area (TPSA) is 121 Å². The molecule has 0 radical (unpaired) electrons. The molecule has 79 heavy (non-hydrogen) atoms. The second-order valence-corrected chi connectivity index (χ2v) is 36.6. The fraction of sp³-hybridized carbons (Fsp3) is 0.369. The zero-order valence-corrected chi connectivity index (χ0v) is 51.2. The molecule has 0 bridgehead atoms. The van der Waals surface area contributed by atoms with Crippen LogP contribution in [0.2, 0.25) is 10.1 Å². The van der Waals surface area contributed by atoms with Crippen LogP contribution in [0.4, 0.5) is 0 Å². The van der Waals surface area contributed by atoms with Gasteiger partial charge in [-0.2, -0.15) is 0 Å². The maximum Gasteiger partial charge on any atom is 0.261 e. The summed E-state index contributed by atoms with van der Waals surface area (Å²) in [5, 5.41) is 10.0. The van der Waals surface area contributed by atoms with Gasteiger partial charge in [0.15, 0.2) is 19.7 Å². The first-order chi connectivity index (χ1) is 36.9. The molecule has 0 spiro atoms. The van der Waals surface area contributed by atoms with Gasteiger partial charge in [-0.3, -0.25) is 4.99 Å². The maximum absolute atomic E-state index is 13.2. The number of benzene rings is 6. The monoisotopic (exact) mass is 1130 g/mol. The summed E-state index contributed by atoms with van der Waals surface area (Å²) < 4.78 is 71.4. The van der Waals surface area contributed by atoms with Crippen LogP contribution >= 0.6 is 0 Å². The Bertz CT molecular complexity index is 3620. The lowest BCUT2D eigenvalue weighted by molar-refractivity contribution is 0.283. The predicted molar refractivity (Wildman–Crippen MR) is 333 cm³/mol. The van der Waals surface area contributed by atoms with E-state index < -0.39 is 36.3 Å². The quantitative estimate of drug-likeness (QED) is 0.108. The fourth-order valence-electron chi connectivity index (χ4n) is 12.3. The maximum atomic E-state index is 13.2. The Hall–Kier alpha value is -5.72. The lowest BCUT2D eigenvalue weighted by Gasteiger charge is -2.43. The highest BCUT2D eigenvalue weighted by molar-refractivity contribution is 7.91. The molecular formula is C65H82N4O6S2Si2. The van der Waals surface area contributed by atoms with E-state index >= 15 is 0 Å². The number of aromatic nitrogens is 2. The molecule has 10 rings (SSSR count). The summed E-state index contributed by atoms with van der Waals surface area (Å²) in [5.41, 5.74) is 6.70. The average Bonchev–Trinajstić information content (AvgIpc) is 4.16. The second-order valence-electron chi connectivity index (χ2n) is 24.0. The van der Waals surface area contributed by atoms with E-state index in [1.54, 1.807) is 0 Å². The molecule has 8 aromatic rings. The summed E-state index contributed by atoms with van der Waals surface area (Å²) in [7, 11) is -12.6. The minimum atomic E-state index is -3.50. The Morgan fingerprint density at radius 2 is 0.962 bits per heavy atom. The van der Waals surface area contributed by atoms with Crippen LogP contribution in [0.1, 0.15) is 105 Å². The van der Waals surface area contributed by atoms with E-state index in [2.05, 4.69) is 193 Å². The van der Waals surface area contributed by atoms with Gasteiger partial charge in [-0.25, -0.2) is 16.8 Å². The molecule has 4 heterocycles. The lowest BCUT2D eigenvalue weighted by atomic mass is 9.99. The van der Waals surface area contributed by atoms with E-state index in [1.165, 1.54) is 39.0 Å². The molecule has 14 heteroatoms. The third-order valence-electron chi connectivity index (χ3n) is 15.8. The molecule has 0 saturated heterocycles. The van der Waals surface area contributed by atoms with Gasteiger partial charge < -0.3 is 23.3 Å². The van der Waals surface area contributed by atoms with E-state index in [-0.39, 0.29) is 36.8 Å². The molecule has 1 unspecified atom stereocenters. The average molecular weight is 1140 g/mol. The molecule has 0 fully saturated rings. The third kappa shape index (κ3) is 11.5. The van der Waals surface area contributed by atoms with E-state index in [9.17, 15) is 16.8 Å². The fourth-order valence-corrected chi connectivity index (χ4v) is 23.2. The molecule has 2 aliphatic rings. The van der Waals surface area contributed by atoms with Gasteiger partial charge in [-0.05, 0) is 90.2 Å².